The Bertz CT molecular complexity index is 549. The van der Waals surface area contributed by atoms with E-state index < -0.39 is 0 Å². The summed E-state index contributed by atoms with van der Waals surface area (Å²) in [6, 6.07) is 10.4. The van der Waals surface area contributed by atoms with Gasteiger partial charge in [0.15, 0.2) is 0 Å². The highest BCUT2D eigenvalue weighted by Gasteiger charge is 2.16. The van der Waals surface area contributed by atoms with Crippen molar-refractivity contribution in [2.45, 2.75) is 19.4 Å². The Morgan fingerprint density at radius 1 is 1.33 bits per heavy atom. The van der Waals surface area contributed by atoms with Gasteiger partial charge in [0, 0.05) is 18.7 Å². The molecule has 2 aromatic rings. The number of aromatic amines is 1. The molecule has 1 atom stereocenters. The second-order valence-corrected chi connectivity index (χ2v) is 6.04. The molecule has 0 saturated carbocycles. The van der Waals surface area contributed by atoms with Gasteiger partial charge in [0.2, 0.25) is 0 Å². The van der Waals surface area contributed by atoms with Gasteiger partial charge in [-0.3, -0.25) is 5.10 Å². The molecular formula is C17H24N4. The molecule has 0 amide bonds. The van der Waals surface area contributed by atoms with Gasteiger partial charge < -0.3 is 10.2 Å². The number of benzene rings is 1. The number of aromatic nitrogens is 2. The van der Waals surface area contributed by atoms with Gasteiger partial charge >= 0.3 is 0 Å². The molecule has 1 aliphatic heterocycles. The van der Waals surface area contributed by atoms with E-state index in [0.717, 1.165) is 24.7 Å². The van der Waals surface area contributed by atoms with Crippen LogP contribution in [0.4, 0.5) is 0 Å². The highest BCUT2D eigenvalue weighted by atomic mass is 15.1. The number of nitrogens with zero attached hydrogens (tertiary/aromatic N) is 2. The standard InChI is InChI=1S/C17H24N4/c1-21-9-5-6-14(13-21)10-18-11-16-12-19-20-17(16)15-7-3-2-4-8-15/h2-4,7-8,12,14,18H,5-6,9-11,13H2,1H3,(H,19,20). The summed E-state index contributed by atoms with van der Waals surface area (Å²) in [6.45, 7) is 4.42. The first-order valence-electron chi connectivity index (χ1n) is 7.80. The van der Waals surface area contributed by atoms with Crippen LogP contribution >= 0.6 is 0 Å². The van der Waals surface area contributed by atoms with Crippen molar-refractivity contribution in [1.29, 1.82) is 0 Å². The predicted octanol–water partition coefficient (Wildman–Crippen LogP) is 2.51. The number of hydrogen-bond acceptors (Lipinski definition) is 3. The van der Waals surface area contributed by atoms with Crippen LogP contribution in [0.15, 0.2) is 36.5 Å². The van der Waals surface area contributed by atoms with Crippen LogP contribution in [0.2, 0.25) is 0 Å². The van der Waals surface area contributed by atoms with E-state index in [-0.39, 0.29) is 0 Å². The highest BCUT2D eigenvalue weighted by molar-refractivity contribution is 5.62. The number of piperidine rings is 1. The molecule has 4 heteroatoms. The quantitative estimate of drug-likeness (QED) is 0.886. The minimum Gasteiger partial charge on any atom is -0.312 e. The first kappa shape index (κ1) is 14.3. The maximum Gasteiger partial charge on any atom is 0.0695 e. The largest absolute Gasteiger partial charge is 0.312 e. The van der Waals surface area contributed by atoms with E-state index in [4.69, 9.17) is 0 Å². The summed E-state index contributed by atoms with van der Waals surface area (Å²) >= 11 is 0. The summed E-state index contributed by atoms with van der Waals surface area (Å²) < 4.78 is 0. The minimum absolute atomic E-state index is 0.774. The van der Waals surface area contributed by atoms with Crippen LogP contribution in [0, 0.1) is 5.92 Å². The number of hydrogen-bond donors (Lipinski definition) is 2. The average Bonchev–Trinajstić information content (AvgIpc) is 2.97. The Labute approximate surface area is 126 Å². The zero-order chi connectivity index (χ0) is 14.5. The lowest BCUT2D eigenvalue weighted by molar-refractivity contribution is 0.206. The number of nitrogens with one attached hydrogen (secondary N) is 2. The summed E-state index contributed by atoms with van der Waals surface area (Å²) in [5.74, 6) is 0.774. The van der Waals surface area contributed by atoms with Gasteiger partial charge in [-0.2, -0.15) is 5.10 Å². The lowest BCUT2D eigenvalue weighted by Gasteiger charge is -2.29. The minimum atomic E-state index is 0.774. The van der Waals surface area contributed by atoms with Crippen molar-refractivity contribution in [1.82, 2.24) is 20.4 Å². The second kappa shape index (κ2) is 6.87. The van der Waals surface area contributed by atoms with E-state index in [1.54, 1.807) is 0 Å². The van der Waals surface area contributed by atoms with Crippen molar-refractivity contribution in [2.75, 3.05) is 26.7 Å². The first-order valence-corrected chi connectivity index (χ1v) is 7.80. The molecule has 0 bridgehead atoms. The van der Waals surface area contributed by atoms with E-state index in [9.17, 15) is 0 Å². The monoisotopic (exact) mass is 284 g/mol. The normalized spacial score (nSPS) is 19.8. The van der Waals surface area contributed by atoms with Crippen LogP contribution in [0.25, 0.3) is 11.3 Å². The molecule has 3 rings (SSSR count). The first-order chi connectivity index (χ1) is 10.3. The molecule has 1 aliphatic rings. The van der Waals surface area contributed by atoms with Crippen LogP contribution in [-0.2, 0) is 6.54 Å². The lowest BCUT2D eigenvalue weighted by atomic mass is 9.98. The summed E-state index contributed by atoms with van der Waals surface area (Å²) in [7, 11) is 2.22. The van der Waals surface area contributed by atoms with Crippen LogP contribution in [0.3, 0.4) is 0 Å². The molecule has 1 aromatic carbocycles. The highest BCUT2D eigenvalue weighted by Crippen LogP contribution is 2.20. The summed E-state index contributed by atoms with van der Waals surface area (Å²) in [6.07, 6.45) is 4.60. The van der Waals surface area contributed by atoms with Gasteiger partial charge in [0.05, 0.1) is 11.9 Å². The van der Waals surface area contributed by atoms with Gasteiger partial charge in [-0.05, 0) is 44.5 Å². The summed E-state index contributed by atoms with van der Waals surface area (Å²) in [4.78, 5) is 2.43. The van der Waals surface area contributed by atoms with E-state index in [1.807, 2.05) is 12.3 Å². The maximum absolute atomic E-state index is 4.20. The van der Waals surface area contributed by atoms with Crippen LogP contribution < -0.4 is 5.32 Å². The van der Waals surface area contributed by atoms with Crippen molar-refractivity contribution in [2.24, 2.45) is 5.92 Å². The average molecular weight is 284 g/mol. The Balaban J connectivity index is 1.55. The van der Waals surface area contributed by atoms with E-state index in [2.05, 4.69) is 51.7 Å². The van der Waals surface area contributed by atoms with Crippen molar-refractivity contribution < 1.29 is 0 Å². The molecular weight excluding hydrogens is 260 g/mol. The molecule has 0 aliphatic carbocycles. The van der Waals surface area contributed by atoms with E-state index >= 15 is 0 Å². The summed E-state index contributed by atoms with van der Waals surface area (Å²) in [5.41, 5.74) is 3.57. The Kier molecular flexibility index (Phi) is 4.68. The molecule has 1 unspecified atom stereocenters. The predicted molar refractivity (Wildman–Crippen MR) is 86.0 cm³/mol. The van der Waals surface area contributed by atoms with Gasteiger partial charge in [-0.15, -0.1) is 0 Å². The molecule has 0 spiro atoms. The second-order valence-electron chi connectivity index (χ2n) is 6.04. The van der Waals surface area contributed by atoms with E-state index in [1.165, 1.54) is 37.1 Å². The lowest BCUT2D eigenvalue weighted by Crippen LogP contribution is -2.37. The smallest absolute Gasteiger partial charge is 0.0695 e. The fraction of sp³-hybridized carbons (Fsp3) is 0.471. The Hall–Kier alpha value is -1.65. The van der Waals surface area contributed by atoms with Gasteiger partial charge in [0.25, 0.3) is 0 Å². The Morgan fingerprint density at radius 3 is 3.00 bits per heavy atom. The Morgan fingerprint density at radius 2 is 2.19 bits per heavy atom. The van der Waals surface area contributed by atoms with Crippen molar-refractivity contribution in [3.05, 3.63) is 42.1 Å². The fourth-order valence-corrected chi connectivity index (χ4v) is 3.15. The zero-order valence-electron chi connectivity index (χ0n) is 12.7. The maximum atomic E-state index is 4.20. The topological polar surface area (TPSA) is 44.0 Å². The van der Waals surface area contributed by atoms with E-state index in [0.29, 0.717) is 0 Å². The molecule has 1 saturated heterocycles. The number of likely N-dealkylation sites (tertiary alicyclic amines) is 1. The molecule has 4 nitrogen and oxygen atoms in total. The van der Waals surface area contributed by atoms with Crippen LogP contribution in [-0.4, -0.2) is 41.8 Å². The molecule has 2 heterocycles. The van der Waals surface area contributed by atoms with Crippen molar-refractivity contribution in [3.8, 4) is 11.3 Å². The van der Waals surface area contributed by atoms with Crippen LogP contribution in [0.5, 0.6) is 0 Å². The molecule has 0 radical (unpaired) electrons. The summed E-state index contributed by atoms with van der Waals surface area (Å²) in [5, 5.41) is 10.9. The number of H-pyrrole nitrogens is 1. The third-order valence-corrected chi connectivity index (χ3v) is 4.25. The SMILES string of the molecule is CN1CCCC(CNCc2cn[nH]c2-c2ccccc2)C1. The van der Waals surface area contributed by atoms with Crippen molar-refractivity contribution in [3.63, 3.8) is 0 Å². The molecule has 112 valence electrons. The molecule has 1 aromatic heterocycles. The third kappa shape index (κ3) is 3.71. The number of rotatable bonds is 5. The molecule has 2 N–H and O–H groups in total. The fourth-order valence-electron chi connectivity index (χ4n) is 3.15. The van der Waals surface area contributed by atoms with Crippen LogP contribution in [0.1, 0.15) is 18.4 Å². The van der Waals surface area contributed by atoms with Gasteiger partial charge in [0.1, 0.15) is 0 Å². The van der Waals surface area contributed by atoms with Gasteiger partial charge in [-0.1, -0.05) is 30.3 Å². The third-order valence-electron chi connectivity index (χ3n) is 4.25. The van der Waals surface area contributed by atoms with Gasteiger partial charge in [-0.25, -0.2) is 0 Å². The zero-order valence-corrected chi connectivity index (χ0v) is 12.7. The molecule has 21 heavy (non-hydrogen) atoms. The molecule has 1 fully saturated rings. The van der Waals surface area contributed by atoms with Crippen molar-refractivity contribution >= 4 is 0 Å².